The third-order valence-electron chi connectivity index (χ3n) is 4.14. The number of rotatable bonds is 4. The molecular formula is C17H20ClN5O2S. The summed E-state index contributed by atoms with van der Waals surface area (Å²) in [4.78, 5) is 32.4. The molecule has 3 amide bonds. The van der Waals surface area contributed by atoms with Gasteiger partial charge in [-0.3, -0.25) is 4.79 Å². The molecule has 0 aliphatic carbocycles. The Hall–Kier alpha value is -2.32. The minimum Gasteiger partial charge on any atom is -0.368 e. The van der Waals surface area contributed by atoms with E-state index in [0.29, 0.717) is 36.3 Å². The molecule has 1 aromatic carbocycles. The molecule has 1 saturated heterocycles. The maximum absolute atomic E-state index is 12.4. The van der Waals surface area contributed by atoms with E-state index >= 15 is 0 Å². The van der Waals surface area contributed by atoms with E-state index in [1.807, 2.05) is 24.3 Å². The zero-order valence-corrected chi connectivity index (χ0v) is 15.9. The van der Waals surface area contributed by atoms with Crippen molar-refractivity contribution in [3.63, 3.8) is 0 Å². The molecule has 1 aliphatic rings. The number of hydrogen-bond acceptors (Lipinski definition) is 5. The quantitative estimate of drug-likeness (QED) is 0.837. The molecule has 2 heterocycles. The molecule has 1 fully saturated rings. The van der Waals surface area contributed by atoms with E-state index in [0.717, 1.165) is 5.69 Å². The van der Waals surface area contributed by atoms with Crippen LogP contribution in [0.25, 0.3) is 0 Å². The van der Waals surface area contributed by atoms with Crippen LogP contribution in [0, 0.1) is 0 Å². The maximum Gasteiger partial charge on any atom is 0.318 e. The number of anilines is 2. The summed E-state index contributed by atoms with van der Waals surface area (Å²) in [6, 6.07) is 6.80. The molecule has 0 radical (unpaired) electrons. The first-order chi connectivity index (χ1) is 12.5. The van der Waals surface area contributed by atoms with Crippen molar-refractivity contribution in [3.05, 3.63) is 40.9 Å². The van der Waals surface area contributed by atoms with E-state index in [-0.39, 0.29) is 11.9 Å². The van der Waals surface area contributed by atoms with Crippen molar-refractivity contribution in [2.24, 2.45) is 0 Å². The molecule has 2 N–H and O–H groups in total. The first-order valence-corrected chi connectivity index (χ1v) is 9.55. The number of hydrogen-bond donors (Lipinski definition) is 2. The lowest BCUT2D eigenvalue weighted by Crippen LogP contribution is -2.54. The van der Waals surface area contributed by atoms with Crippen LogP contribution in [0.1, 0.15) is 6.92 Å². The number of carbonyl (C=O) groups excluding carboxylic acids is 2. The molecule has 0 unspecified atom stereocenters. The topological polar surface area (TPSA) is 77.6 Å². The van der Waals surface area contributed by atoms with Gasteiger partial charge < -0.3 is 20.4 Å². The molecular weight excluding hydrogens is 374 g/mol. The summed E-state index contributed by atoms with van der Waals surface area (Å²) in [7, 11) is 0. The van der Waals surface area contributed by atoms with Gasteiger partial charge in [0.1, 0.15) is 6.04 Å². The summed E-state index contributed by atoms with van der Waals surface area (Å²) in [6.07, 6.45) is 1.61. The Kier molecular flexibility index (Phi) is 5.95. The second kappa shape index (κ2) is 8.37. The number of aromatic nitrogens is 1. The summed E-state index contributed by atoms with van der Waals surface area (Å²) in [5.41, 5.74) is 1.05. The van der Waals surface area contributed by atoms with Crippen LogP contribution in [0.2, 0.25) is 5.02 Å². The standard InChI is InChI=1S/C17H20ClN5O2S/c1-12(15(24)21-16-19-5-10-26-16)20-17(25)23-8-6-22(7-9-23)14-4-2-3-13(18)11-14/h2-5,10-12H,6-9H2,1H3,(H,20,25)(H,19,21,24)/t12-/m0/s1. The lowest BCUT2D eigenvalue weighted by molar-refractivity contribution is -0.117. The summed E-state index contributed by atoms with van der Waals surface area (Å²) < 4.78 is 0. The molecule has 0 bridgehead atoms. The Morgan fingerprint density at radius 3 is 2.69 bits per heavy atom. The number of thiazole rings is 1. The van der Waals surface area contributed by atoms with Crippen LogP contribution in [-0.4, -0.2) is 54.0 Å². The van der Waals surface area contributed by atoms with E-state index in [1.165, 1.54) is 11.3 Å². The number of piperazine rings is 1. The highest BCUT2D eigenvalue weighted by Gasteiger charge is 2.24. The SMILES string of the molecule is C[C@H](NC(=O)N1CCN(c2cccc(Cl)c2)CC1)C(=O)Nc1nccs1. The Balaban J connectivity index is 1.48. The molecule has 1 atom stereocenters. The van der Waals surface area contributed by atoms with Gasteiger partial charge in [0.2, 0.25) is 5.91 Å². The van der Waals surface area contributed by atoms with E-state index in [2.05, 4.69) is 20.5 Å². The summed E-state index contributed by atoms with van der Waals surface area (Å²) in [5, 5.41) is 8.41. The molecule has 0 saturated carbocycles. The largest absolute Gasteiger partial charge is 0.368 e. The fraction of sp³-hybridized carbons (Fsp3) is 0.353. The van der Waals surface area contributed by atoms with Gasteiger partial charge >= 0.3 is 6.03 Å². The van der Waals surface area contributed by atoms with Crippen molar-refractivity contribution < 1.29 is 9.59 Å². The smallest absolute Gasteiger partial charge is 0.318 e. The first-order valence-electron chi connectivity index (χ1n) is 8.29. The van der Waals surface area contributed by atoms with Gasteiger partial charge in [-0.25, -0.2) is 9.78 Å². The van der Waals surface area contributed by atoms with Gasteiger partial charge in [0, 0.05) is 48.5 Å². The normalized spacial score (nSPS) is 15.5. The predicted molar refractivity (Wildman–Crippen MR) is 104 cm³/mol. The molecule has 3 rings (SSSR count). The van der Waals surface area contributed by atoms with E-state index < -0.39 is 6.04 Å². The lowest BCUT2D eigenvalue weighted by Gasteiger charge is -2.36. The summed E-state index contributed by atoms with van der Waals surface area (Å²) in [5.74, 6) is -0.286. The first kappa shape index (κ1) is 18.5. The number of carbonyl (C=O) groups is 2. The van der Waals surface area contributed by atoms with Gasteiger partial charge in [0.05, 0.1) is 0 Å². The second-order valence-electron chi connectivity index (χ2n) is 5.95. The Morgan fingerprint density at radius 2 is 2.04 bits per heavy atom. The molecule has 26 heavy (non-hydrogen) atoms. The number of benzene rings is 1. The molecule has 1 aromatic heterocycles. The zero-order valence-electron chi connectivity index (χ0n) is 14.3. The van der Waals surface area contributed by atoms with Gasteiger partial charge in [-0.05, 0) is 25.1 Å². The molecule has 1 aliphatic heterocycles. The van der Waals surface area contributed by atoms with Crippen molar-refractivity contribution in [1.82, 2.24) is 15.2 Å². The highest BCUT2D eigenvalue weighted by Crippen LogP contribution is 2.20. The number of nitrogens with one attached hydrogen (secondary N) is 2. The van der Waals surface area contributed by atoms with Crippen LogP contribution in [-0.2, 0) is 4.79 Å². The van der Waals surface area contributed by atoms with Crippen LogP contribution in [0.4, 0.5) is 15.6 Å². The average molecular weight is 394 g/mol. The van der Waals surface area contributed by atoms with Crippen LogP contribution in [0.5, 0.6) is 0 Å². The highest BCUT2D eigenvalue weighted by molar-refractivity contribution is 7.13. The average Bonchev–Trinajstić information content (AvgIpc) is 3.14. The predicted octanol–water partition coefficient (Wildman–Crippen LogP) is 2.66. The number of urea groups is 1. The fourth-order valence-corrected chi connectivity index (χ4v) is 3.40. The van der Waals surface area contributed by atoms with Gasteiger partial charge in [-0.15, -0.1) is 11.3 Å². The van der Waals surface area contributed by atoms with Gasteiger partial charge in [0.25, 0.3) is 0 Å². The van der Waals surface area contributed by atoms with Gasteiger partial charge in [0.15, 0.2) is 5.13 Å². The Labute approximate surface area is 161 Å². The van der Waals surface area contributed by atoms with Crippen LogP contribution < -0.4 is 15.5 Å². The van der Waals surface area contributed by atoms with E-state index in [4.69, 9.17) is 11.6 Å². The minimum atomic E-state index is -0.641. The third-order valence-corrected chi connectivity index (χ3v) is 5.06. The van der Waals surface area contributed by atoms with Crippen molar-refractivity contribution in [1.29, 1.82) is 0 Å². The molecule has 0 spiro atoms. The van der Waals surface area contributed by atoms with Gasteiger partial charge in [-0.2, -0.15) is 0 Å². The maximum atomic E-state index is 12.4. The second-order valence-corrected chi connectivity index (χ2v) is 7.28. The number of amides is 3. The van der Waals surface area contributed by atoms with E-state index in [9.17, 15) is 9.59 Å². The molecule has 2 aromatic rings. The zero-order chi connectivity index (χ0) is 18.5. The number of halogens is 1. The molecule has 138 valence electrons. The Morgan fingerprint density at radius 1 is 1.27 bits per heavy atom. The highest BCUT2D eigenvalue weighted by atomic mass is 35.5. The van der Waals surface area contributed by atoms with Crippen LogP contribution >= 0.6 is 22.9 Å². The van der Waals surface area contributed by atoms with Crippen LogP contribution in [0.15, 0.2) is 35.8 Å². The van der Waals surface area contributed by atoms with Gasteiger partial charge in [-0.1, -0.05) is 17.7 Å². The van der Waals surface area contributed by atoms with Crippen molar-refractivity contribution in [2.75, 3.05) is 36.4 Å². The summed E-state index contributed by atoms with van der Waals surface area (Å²) in [6.45, 7) is 4.25. The van der Waals surface area contributed by atoms with Crippen molar-refractivity contribution in [2.45, 2.75) is 13.0 Å². The minimum absolute atomic E-state index is 0.238. The third kappa shape index (κ3) is 4.64. The van der Waals surface area contributed by atoms with E-state index in [1.54, 1.807) is 23.4 Å². The summed E-state index contributed by atoms with van der Waals surface area (Å²) >= 11 is 7.37. The fourth-order valence-electron chi connectivity index (χ4n) is 2.68. The lowest BCUT2D eigenvalue weighted by atomic mass is 10.2. The van der Waals surface area contributed by atoms with Crippen LogP contribution in [0.3, 0.4) is 0 Å². The number of nitrogens with zero attached hydrogens (tertiary/aromatic N) is 3. The molecule has 9 heteroatoms. The van der Waals surface area contributed by atoms with Crippen molar-refractivity contribution in [3.8, 4) is 0 Å². The Bertz CT molecular complexity index is 762. The van der Waals surface area contributed by atoms with Crippen molar-refractivity contribution >= 4 is 45.7 Å². The molecule has 7 nitrogen and oxygen atoms in total. The monoisotopic (exact) mass is 393 g/mol.